The molecule has 0 aliphatic heterocycles. The number of ether oxygens (including phenoxy) is 1. The number of nitrogen functional groups attached to an aromatic ring is 1. The summed E-state index contributed by atoms with van der Waals surface area (Å²) in [5.74, 6) is -1.55. The van der Waals surface area contributed by atoms with Crippen molar-refractivity contribution in [3.05, 3.63) is 61.3 Å². The van der Waals surface area contributed by atoms with E-state index in [1.54, 1.807) is 24.3 Å². The maximum atomic E-state index is 12.7. The molecule has 0 amide bonds. The number of rotatable bonds is 5. The fourth-order valence-corrected chi connectivity index (χ4v) is 3.50. The van der Waals surface area contributed by atoms with Crippen LogP contribution in [0.2, 0.25) is 5.02 Å². The quantitative estimate of drug-likeness (QED) is 0.590. The van der Waals surface area contributed by atoms with Gasteiger partial charge in [0.05, 0.1) is 5.41 Å². The minimum absolute atomic E-state index is 0.259. The van der Waals surface area contributed by atoms with E-state index in [2.05, 4.69) is 0 Å². The summed E-state index contributed by atoms with van der Waals surface area (Å²) >= 11 is 5.91. The second kappa shape index (κ2) is 7.27. The van der Waals surface area contributed by atoms with Gasteiger partial charge in [0.25, 0.3) is 5.56 Å². The molecule has 9 heteroatoms. The van der Waals surface area contributed by atoms with E-state index in [1.807, 2.05) is 0 Å². The van der Waals surface area contributed by atoms with Gasteiger partial charge in [0.1, 0.15) is 11.4 Å². The molecule has 2 N–H and O–H groups in total. The summed E-state index contributed by atoms with van der Waals surface area (Å²) < 4.78 is 7.04. The van der Waals surface area contributed by atoms with E-state index in [9.17, 15) is 19.2 Å². The zero-order valence-electron chi connectivity index (χ0n) is 15.5. The van der Waals surface area contributed by atoms with Crippen molar-refractivity contribution in [1.82, 2.24) is 9.13 Å². The molecule has 1 saturated carbocycles. The number of anilines is 1. The van der Waals surface area contributed by atoms with Crippen LogP contribution in [-0.4, -0.2) is 27.5 Å². The summed E-state index contributed by atoms with van der Waals surface area (Å²) in [6.45, 7) is -0.633. The molecule has 28 heavy (non-hydrogen) atoms. The second-order valence-corrected chi connectivity index (χ2v) is 7.34. The Morgan fingerprint density at radius 1 is 1.14 bits per heavy atom. The van der Waals surface area contributed by atoms with Crippen LogP contribution in [-0.2, 0) is 29.0 Å². The van der Waals surface area contributed by atoms with E-state index >= 15 is 0 Å². The number of benzene rings is 1. The van der Waals surface area contributed by atoms with Gasteiger partial charge in [-0.1, -0.05) is 30.2 Å². The van der Waals surface area contributed by atoms with E-state index in [-0.39, 0.29) is 11.4 Å². The van der Waals surface area contributed by atoms with Crippen LogP contribution >= 0.6 is 11.6 Å². The van der Waals surface area contributed by atoms with Crippen LogP contribution in [0, 0.1) is 0 Å². The molecule has 0 bridgehead atoms. The standard InChI is InChI=1S/C19H20ClN3O5/c1-22-15(21)14(16(25)23(2)18(22)27)13(24)10-28-17(26)19(8-3-9-19)11-4-6-12(20)7-5-11/h4-7H,3,8-10,21H2,1-2H3. The molecule has 1 aromatic heterocycles. The minimum atomic E-state index is -0.822. The Bertz CT molecular complexity index is 1060. The highest BCUT2D eigenvalue weighted by molar-refractivity contribution is 6.30. The van der Waals surface area contributed by atoms with Crippen molar-refractivity contribution in [2.45, 2.75) is 24.7 Å². The van der Waals surface area contributed by atoms with E-state index < -0.39 is 35.0 Å². The van der Waals surface area contributed by atoms with Gasteiger partial charge >= 0.3 is 11.7 Å². The first-order valence-electron chi connectivity index (χ1n) is 8.71. The Kier molecular flexibility index (Phi) is 5.16. The van der Waals surface area contributed by atoms with Crippen LogP contribution in [0.1, 0.15) is 35.2 Å². The van der Waals surface area contributed by atoms with Crippen molar-refractivity contribution in [2.75, 3.05) is 12.3 Å². The number of nitrogens with zero attached hydrogens (tertiary/aromatic N) is 2. The van der Waals surface area contributed by atoms with Crippen LogP contribution < -0.4 is 17.0 Å². The predicted octanol–water partition coefficient (Wildman–Crippen LogP) is 1.17. The van der Waals surface area contributed by atoms with E-state index in [1.165, 1.54) is 14.1 Å². The molecule has 0 saturated heterocycles. The lowest BCUT2D eigenvalue weighted by atomic mass is 9.64. The van der Waals surface area contributed by atoms with Gasteiger partial charge < -0.3 is 10.5 Å². The third-order valence-electron chi connectivity index (χ3n) is 5.32. The third-order valence-corrected chi connectivity index (χ3v) is 5.57. The van der Waals surface area contributed by atoms with E-state index in [4.69, 9.17) is 22.1 Å². The van der Waals surface area contributed by atoms with Crippen molar-refractivity contribution in [1.29, 1.82) is 0 Å². The van der Waals surface area contributed by atoms with Gasteiger partial charge in [0.2, 0.25) is 5.78 Å². The van der Waals surface area contributed by atoms with Gasteiger partial charge in [-0.25, -0.2) is 4.79 Å². The summed E-state index contributed by atoms with van der Waals surface area (Å²) in [5.41, 5.74) is 3.89. The molecular formula is C19H20ClN3O5. The number of hydrogen-bond acceptors (Lipinski definition) is 6. The molecule has 2 aromatic rings. The smallest absolute Gasteiger partial charge is 0.332 e. The molecule has 0 atom stereocenters. The first-order valence-corrected chi connectivity index (χ1v) is 9.09. The summed E-state index contributed by atoms with van der Waals surface area (Å²) in [4.78, 5) is 49.4. The summed E-state index contributed by atoms with van der Waals surface area (Å²) in [6.07, 6.45) is 2.07. The number of carbonyl (C=O) groups is 2. The first kappa shape index (κ1) is 19.9. The number of ketones is 1. The van der Waals surface area contributed by atoms with Crippen LogP contribution in [0.15, 0.2) is 33.9 Å². The number of aromatic nitrogens is 2. The van der Waals surface area contributed by atoms with Crippen LogP contribution in [0.5, 0.6) is 0 Å². The fourth-order valence-electron chi connectivity index (χ4n) is 3.37. The Balaban J connectivity index is 1.82. The Morgan fingerprint density at radius 3 is 2.29 bits per heavy atom. The van der Waals surface area contributed by atoms with Crippen molar-refractivity contribution < 1.29 is 14.3 Å². The zero-order chi connectivity index (χ0) is 20.6. The maximum Gasteiger partial charge on any atom is 0.332 e. The Hall–Kier alpha value is -2.87. The lowest BCUT2D eigenvalue weighted by Crippen LogP contribution is -2.45. The predicted molar refractivity (Wildman–Crippen MR) is 104 cm³/mol. The number of Topliss-reactive ketones (excluding diaryl/α,β-unsaturated/α-hetero) is 1. The third kappa shape index (κ3) is 3.13. The molecule has 1 aliphatic rings. The summed E-state index contributed by atoms with van der Waals surface area (Å²) in [7, 11) is 2.60. The highest BCUT2D eigenvalue weighted by Crippen LogP contribution is 2.45. The molecular weight excluding hydrogens is 386 g/mol. The number of halogens is 1. The van der Waals surface area contributed by atoms with E-state index in [0.29, 0.717) is 17.9 Å². The molecule has 1 fully saturated rings. The number of nitrogens with two attached hydrogens (primary N) is 1. The average molecular weight is 406 g/mol. The van der Waals surface area contributed by atoms with Crippen molar-refractivity contribution >= 4 is 29.2 Å². The largest absolute Gasteiger partial charge is 0.457 e. The number of hydrogen-bond donors (Lipinski definition) is 1. The zero-order valence-corrected chi connectivity index (χ0v) is 16.3. The topological polar surface area (TPSA) is 113 Å². The molecule has 0 spiro atoms. The van der Waals surface area contributed by atoms with Gasteiger partial charge in [-0.05, 0) is 30.5 Å². The van der Waals surface area contributed by atoms with Gasteiger partial charge in [0.15, 0.2) is 6.61 Å². The lowest BCUT2D eigenvalue weighted by Gasteiger charge is -2.39. The molecule has 1 aromatic carbocycles. The van der Waals surface area contributed by atoms with Gasteiger partial charge in [-0.2, -0.15) is 0 Å². The highest BCUT2D eigenvalue weighted by Gasteiger charge is 2.47. The van der Waals surface area contributed by atoms with Gasteiger partial charge in [-0.15, -0.1) is 0 Å². The normalized spacial score (nSPS) is 15.0. The Morgan fingerprint density at radius 2 is 1.75 bits per heavy atom. The first-order chi connectivity index (χ1) is 13.2. The molecule has 3 rings (SSSR count). The SMILES string of the molecule is Cn1c(N)c(C(=O)COC(=O)C2(c3ccc(Cl)cc3)CCC2)c(=O)n(C)c1=O. The van der Waals surface area contributed by atoms with E-state index in [0.717, 1.165) is 21.1 Å². The second-order valence-electron chi connectivity index (χ2n) is 6.91. The lowest BCUT2D eigenvalue weighted by molar-refractivity contribution is -0.153. The fraction of sp³-hybridized carbons (Fsp3) is 0.368. The number of carbonyl (C=O) groups excluding carboxylic acids is 2. The molecule has 1 aliphatic carbocycles. The molecule has 0 unspecified atom stereocenters. The van der Waals surface area contributed by atoms with Gasteiger partial charge in [0, 0.05) is 19.1 Å². The minimum Gasteiger partial charge on any atom is -0.457 e. The average Bonchev–Trinajstić information content (AvgIpc) is 2.64. The molecule has 148 valence electrons. The Labute approximate surface area is 165 Å². The van der Waals surface area contributed by atoms with Crippen LogP contribution in [0.4, 0.5) is 5.82 Å². The number of esters is 1. The van der Waals surface area contributed by atoms with Gasteiger partial charge in [-0.3, -0.25) is 23.5 Å². The molecule has 1 heterocycles. The van der Waals surface area contributed by atoms with Crippen molar-refractivity contribution in [3.63, 3.8) is 0 Å². The van der Waals surface area contributed by atoms with Crippen LogP contribution in [0.3, 0.4) is 0 Å². The summed E-state index contributed by atoms with van der Waals surface area (Å²) in [5, 5.41) is 0.558. The van der Waals surface area contributed by atoms with Crippen LogP contribution in [0.25, 0.3) is 0 Å². The monoisotopic (exact) mass is 405 g/mol. The molecule has 0 radical (unpaired) electrons. The highest BCUT2D eigenvalue weighted by atomic mass is 35.5. The van der Waals surface area contributed by atoms with Crippen molar-refractivity contribution in [2.24, 2.45) is 14.1 Å². The molecule has 8 nitrogen and oxygen atoms in total. The van der Waals surface area contributed by atoms with Crippen molar-refractivity contribution in [3.8, 4) is 0 Å². The maximum absolute atomic E-state index is 12.7. The summed E-state index contributed by atoms with van der Waals surface area (Å²) in [6, 6.07) is 6.94.